The van der Waals surface area contributed by atoms with E-state index in [0.717, 1.165) is 4.57 Å². The molecule has 1 aromatic heterocycles. The second-order valence-electron chi connectivity index (χ2n) is 4.60. The molecule has 1 fully saturated rings. The molecule has 9 heteroatoms. The molecule has 2 rings (SSSR count). The largest absolute Gasteiger partial charge is 0.390 e. The Morgan fingerprint density at radius 3 is 2.90 bits per heavy atom. The van der Waals surface area contributed by atoms with Gasteiger partial charge in [0.05, 0.1) is 11.7 Å². The first-order valence-corrected chi connectivity index (χ1v) is 6.89. The van der Waals surface area contributed by atoms with Crippen LogP contribution >= 0.6 is 15.9 Å². The molecule has 2 heterocycles. The van der Waals surface area contributed by atoms with Crippen molar-refractivity contribution in [2.75, 3.05) is 7.11 Å². The van der Waals surface area contributed by atoms with Gasteiger partial charge in [0, 0.05) is 24.2 Å². The van der Waals surface area contributed by atoms with Crippen LogP contribution in [0.2, 0.25) is 0 Å². The molecule has 8 nitrogen and oxygen atoms in total. The lowest BCUT2D eigenvalue weighted by Crippen LogP contribution is -2.36. The second kappa shape index (κ2) is 6.24. The van der Waals surface area contributed by atoms with Crippen LogP contribution in [0.25, 0.3) is 4.48 Å². The first-order chi connectivity index (χ1) is 9.85. The third-order valence-corrected chi connectivity index (χ3v) is 3.66. The zero-order valence-corrected chi connectivity index (χ0v) is 12.7. The van der Waals surface area contributed by atoms with Gasteiger partial charge in [0.15, 0.2) is 6.29 Å². The normalized spacial score (nSPS) is 26.8. The van der Waals surface area contributed by atoms with Gasteiger partial charge in [0.25, 0.3) is 5.56 Å². The van der Waals surface area contributed by atoms with E-state index in [1.807, 2.05) is 0 Å². The zero-order valence-electron chi connectivity index (χ0n) is 11.2. The van der Waals surface area contributed by atoms with Gasteiger partial charge in [-0.3, -0.25) is 14.3 Å². The van der Waals surface area contributed by atoms with Crippen molar-refractivity contribution < 1.29 is 19.7 Å². The number of rotatable bonds is 4. The summed E-state index contributed by atoms with van der Waals surface area (Å²) in [5.41, 5.74) is -1.09. The lowest BCUT2D eigenvalue weighted by Gasteiger charge is -2.20. The van der Waals surface area contributed by atoms with Crippen LogP contribution in [-0.4, -0.2) is 45.4 Å². The van der Waals surface area contributed by atoms with Crippen LogP contribution in [0, 0.1) is 0 Å². The maximum absolute atomic E-state index is 11.9. The van der Waals surface area contributed by atoms with E-state index in [4.69, 9.17) is 9.47 Å². The highest BCUT2D eigenvalue weighted by atomic mass is 79.9. The third kappa shape index (κ3) is 3.16. The number of H-pyrrole nitrogens is 1. The standard InChI is InChI=1S/C12H15BrN2O6/c1-5(13)6-4-15(12(19)14-10(6)17)8-3-7(16)9(21-8)11(18)20-2/h4,7-9,11,16,18H,1,3H2,2H3,(H,14,17,19)/t7-,8+,9-,11?/m0/s1. The van der Waals surface area contributed by atoms with Crippen molar-refractivity contribution >= 4 is 20.4 Å². The molecule has 0 aliphatic carbocycles. The van der Waals surface area contributed by atoms with E-state index in [1.54, 1.807) is 0 Å². The number of aliphatic hydroxyl groups excluding tert-OH is 2. The number of aromatic nitrogens is 2. The topological polar surface area (TPSA) is 114 Å². The Bertz CT molecular complexity index is 654. The molecule has 0 bridgehead atoms. The molecule has 0 saturated carbocycles. The number of nitrogens with one attached hydrogen (secondary N) is 1. The fourth-order valence-electron chi connectivity index (χ4n) is 2.13. The quantitative estimate of drug-likeness (QED) is 0.623. The van der Waals surface area contributed by atoms with Gasteiger partial charge in [0.2, 0.25) is 0 Å². The summed E-state index contributed by atoms with van der Waals surface area (Å²) in [7, 11) is 1.27. The molecule has 116 valence electrons. The van der Waals surface area contributed by atoms with Crippen molar-refractivity contribution in [1.82, 2.24) is 9.55 Å². The van der Waals surface area contributed by atoms with E-state index in [0.29, 0.717) is 4.48 Å². The molecule has 0 aromatic carbocycles. The van der Waals surface area contributed by atoms with Crippen molar-refractivity contribution in [2.45, 2.75) is 31.1 Å². The van der Waals surface area contributed by atoms with Gasteiger partial charge in [-0.15, -0.1) is 0 Å². The van der Waals surface area contributed by atoms with Crippen LogP contribution in [0.5, 0.6) is 0 Å². The Hall–Kier alpha value is -1.26. The van der Waals surface area contributed by atoms with E-state index in [1.165, 1.54) is 13.3 Å². The highest BCUT2D eigenvalue weighted by Crippen LogP contribution is 2.30. The molecule has 3 N–H and O–H groups in total. The Morgan fingerprint density at radius 1 is 1.67 bits per heavy atom. The number of hydrogen-bond acceptors (Lipinski definition) is 6. The summed E-state index contributed by atoms with van der Waals surface area (Å²) >= 11 is 3.08. The highest BCUT2D eigenvalue weighted by Gasteiger charge is 2.40. The number of methoxy groups -OCH3 is 1. The summed E-state index contributed by atoms with van der Waals surface area (Å²) in [6.07, 6.45) is -2.75. The Kier molecular flexibility index (Phi) is 4.79. The maximum atomic E-state index is 11.9. The Morgan fingerprint density at radius 2 is 2.33 bits per heavy atom. The predicted octanol–water partition coefficient (Wildman–Crippen LogP) is -0.485. The summed E-state index contributed by atoms with van der Waals surface area (Å²) in [4.78, 5) is 25.6. The summed E-state index contributed by atoms with van der Waals surface area (Å²) in [6, 6.07) is 0. The molecule has 0 amide bonds. The van der Waals surface area contributed by atoms with Crippen molar-refractivity contribution in [2.24, 2.45) is 0 Å². The number of aromatic amines is 1. The van der Waals surface area contributed by atoms with Gasteiger partial charge in [-0.05, 0) is 0 Å². The number of hydrogen-bond donors (Lipinski definition) is 3. The monoisotopic (exact) mass is 362 g/mol. The highest BCUT2D eigenvalue weighted by molar-refractivity contribution is 9.15. The van der Waals surface area contributed by atoms with E-state index >= 15 is 0 Å². The summed E-state index contributed by atoms with van der Waals surface area (Å²) in [5.74, 6) is 0. The summed E-state index contributed by atoms with van der Waals surface area (Å²) < 4.78 is 11.6. The van der Waals surface area contributed by atoms with Gasteiger partial charge in [-0.25, -0.2) is 4.79 Å². The molecular weight excluding hydrogens is 348 g/mol. The molecular formula is C12H15BrN2O6. The minimum absolute atomic E-state index is 0.0746. The SMILES string of the molecule is C=C(Br)c1cn([C@H]2C[C@H](O)[C@@H](C(O)OC)O2)c(=O)[nH]c1=O. The Balaban J connectivity index is 2.36. The van der Waals surface area contributed by atoms with Crippen LogP contribution in [0.1, 0.15) is 18.2 Å². The first-order valence-electron chi connectivity index (χ1n) is 6.09. The van der Waals surface area contributed by atoms with Crippen LogP contribution in [0.3, 0.4) is 0 Å². The smallest absolute Gasteiger partial charge is 0.330 e. The van der Waals surface area contributed by atoms with Gasteiger partial charge in [-0.1, -0.05) is 22.5 Å². The van der Waals surface area contributed by atoms with Crippen molar-refractivity contribution in [3.63, 3.8) is 0 Å². The minimum atomic E-state index is -1.31. The number of ether oxygens (including phenoxy) is 2. The van der Waals surface area contributed by atoms with E-state index < -0.39 is 36.0 Å². The van der Waals surface area contributed by atoms with Crippen LogP contribution < -0.4 is 11.2 Å². The van der Waals surface area contributed by atoms with Gasteiger partial charge in [0.1, 0.15) is 12.3 Å². The zero-order chi connectivity index (χ0) is 15.7. The van der Waals surface area contributed by atoms with Crippen LogP contribution in [-0.2, 0) is 9.47 Å². The minimum Gasteiger partial charge on any atom is -0.390 e. The summed E-state index contributed by atoms with van der Waals surface area (Å²) in [5, 5.41) is 19.4. The average Bonchev–Trinajstić information content (AvgIpc) is 2.79. The van der Waals surface area contributed by atoms with Crippen LogP contribution in [0.4, 0.5) is 0 Å². The predicted molar refractivity (Wildman–Crippen MR) is 76.8 cm³/mol. The molecule has 1 saturated heterocycles. The maximum Gasteiger partial charge on any atom is 0.330 e. The number of nitrogens with zero attached hydrogens (tertiary/aromatic N) is 1. The molecule has 0 spiro atoms. The molecule has 1 unspecified atom stereocenters. The van der Waals surface area contributed by atoms with Crippen molar-refractivity contribution in [3.8, 4) is 0 Å². The van der Waals surface area contributed by atoms with Crippen molar-refractivity contribution in [1.29, 1.82) is 0 Å². The second-order valence-corrected chi connectivity index (χ2v) is 5.56. The lowest BCUT2D eigenvalue weighted by molar-refractivity contribution is -0.183. The molecule has 1 aromatic rings. The van der Waals surface area contributed by atoms with Gasteiger partial charge in [-0.2, -0.15) is 0 Å². The average molecular weight is 363 g/mol. The fourth-order valence-corrected chi connectivity index (χ4v) is 2.41. The van der Waals surface area contributed by atoms with Gasteiger partial charge < -0.3 is 19.7 Å². The summed E-state index contributed by atoms with van der Waals surface area (Å²) in [6.45, 7) is 3.59. The van der Waals surface area contributed by atoms with Crippen molar-refractivity contribution in [3.05, 3.63) is 39.2 Å². The lowest BCUT2D eigenvalue weighted by atomic mass is 10.1. The number of aliphatic hydroxyl groups is 2. The van der Waals surface area contributed by atoms with Gasteiger partial charge >= 0.3 is 5.69 Å². The molecule has 1 aliphatic rings. The molecule has 1 aliphatic heterocycles. The third-order valence-electron chi connectivity index (χ3n) is 3.23. The van der Waals surface area contributed by atoms with E-state index in [2.05, 4.69) is 27.5 Å². The van der Waals surface area contributed by atoms with Crippen LogP contribution in [0.15, 0.2) is 22.4 Å². The van der Waals surface area contributed by atoms with E-state index in [9.17, 15) is 19.8 Å². The Labute approximate surface area is 127 Å². The molecule has 21 heavy (non-hydrogen) atoms. The molecule has 0 radical (unpaired) electrons. The van der Waals surface area contributed by atoms with E-state index in [-0.39, 0.29) is 12.0 Å². The molecule has 4 atom stereocenters. The fraction of sp³-hybridized carbons (Fsp3) is 0.500. The first kappa shape index (κ1) is 16.1. The number of halogens is 1.